The summed E-state index contributed by atoms with van der Waals surface area (Å²) >= 11 is 5.85. The molecule has 0 saturated carbocycles. The van der Waals surface area contributed by atoms with E-state index in [1.54, 1.807) is 37.3 Å². The van der Waals surface area contributed by atoms with Crippen molar-refractivity contribution >= 4 is 29.1 Å². The van der Waals surface area contributed by atoms with E-state index in [0.29, 0.717) is 22.5 Å². The lowest BCUT2D eigenvalue weighted by atomic mass is 10.1. The van der Waals surface area contributed by atoms with Crippen molar-refractivity contribution in [1.29, 1.82) is 0 Å². The number of para-hydroxylation sites is 1. The summed E-state index contributed by atoms with van der Waals surface area (Å²) in [5.74, 6) is -0.617. The maximum atomic E-state index is 12.3. The zero-order valence-electron chi connectivity index (χ0n) is 11.6. The van der Waals surface area contributed by atoms with E-state index in [9.17, 15) is 9.59 Å². The van der Waals surface area contributed by atoms with Crippen LogP contribution in [0.1, 0.15) is 26.4 Å². The molecule has 0 saturated heterocycles. The van der Waals surface area contributed by atoms with E-state index in [1.807, 2.05) is 0 Å². The van der Waals surface area contributed by atoms with Gasteiger partial charge in [-0.15, -0.1) is 0 Å². The van der Waals surface area contributed by atoms with Gasteiger partial charge < -0.3 is 10.6 Å². The van der Waals surface area contributed by atoms with Crippen molar-refractivity contribution in [2.24, 2.45) is 0 Å². The highest BCUT2D eigenvalue weighted by molar-refractivity contribution is 6.29. The molecule has 0 radical (unpaired) electrons. The third kappa shape index (κ3) is 3.58. The Kier molecular flexibility index (Phi) is 4.55. The summed E-state index contributed by atoms with van der Waals surface area (Å²) in [5.41, 5.74) is 1.86. The highest BCUT2D eigenvalue weighted by atomic mass is 35.5. The second-order valence-electron chi connectivity index (χ2n) is 4.40. The van der Waals surface area contributed by atoms with Crippen LogP contribution in [0.2, 0.25) is 5.15 Å². The van der Waals surface area contributed by atoms with Gasteiger partial charge in [-0.05, 0) is 31.2 Å². The van der Waals surface area contributed by atoms with E-state index >= 15 is 0 Å². The predicted octanol–water partition coefficient (Wildman–Crippen LogP) is 2.66. The van der Waals surface area contributed by atoms with Crippen molar-refractivity contribution < 1.29 is 9.59 Å². The quantitative estimate of drug-likeness (QED) is 0.856. The topological polar surface area (TPSA) is 71.1 Å². The first-order valence-electron chi connectivity index (χ1n) is 6.28. The molecular formula is C15H14ClN3O2. The number of halogens is 1. The Morgan fingerprint density at radius 2 is 1.86 bits per heavy atom. The number of nitrogens with zero attached hydrogens (tertiary/aromatic N) is 1. The molecule has 0 bridgehead atoms. The van der Waals surface area contributed by atoms with Gasteiger partial charge in [-0.1, -0.05) is 23.7 Å². The van der Waals surface area contributed by atoms with E-state index in [0.717, 1.165) is 0 Å². The monoisotopic (exact) mass is 303 g/mol. The van der Waals surface area contributed by atoms with Crippen LogP contribution in [0.3, 0.4) is 0 Å². The van der Waals surface area contributed by atoms with Gasteiger partial charge >= 0.3 is 0 Å². The number of benzene rings is 1. The van der Waals surface area contributed by atoms with Crippen molar-refractivity contribution in [1.82, 2.24) is 10.3 Å². The van der Waals surface area contributed by atoms with Crippen LogP contribution in [0.4, 0.5) is 5.69 Å². The molecule has 0 spiro atoms. The number of hydrogen-bond donors (Lipinski definition) is 2. The number of rotatable bonds is 3. The number of carbonyl (C=O) groups is 2. The van der Waals surface area contributed by atoms with Crippen LogP contribution in [0, 0.1) is 6.92 Å². The largest absolute Gasteiger partial charge is 0.355 e. The Morgan fingerprint density at radius 1 is 1.14 bits per heavy atom. The van der Waals surface area contributed by atoms with Gasteiger partial charge in [0, 0.05) is 18.3 Å². The molecule has 2 amide bonds. The molecule has 21 heavy (non-hydrogen) atoms. The Bertz CT molecular complexity index is 681. The smallest absolute Gasteiger partial charge is 0.255 e. The van der Waals surface area contributed by atoms with E-state index in [2.05, 4.69) is 15.6 Å². The molecule has 6 heteroatoms. The van der Waals surface area contributed by atoms with E-state index in [-0.39, 0.29) is 17.0 Å². The lowest BCUT2D eigenvalue weighted by molar-refractivity contribution is 0.0964. The summed E-state index contributed by atoms with van der Waals surface area (Å²) in [6, 6.07) is 9.88. The fraction of sp³-hybridized carbons (Fsp3) is 0.133. The SMILES string of the molecule is CNC(=O)c1ccccc1NC(=O)c1cc(C)nc(Cl)c1. The number of hydrogen-bond acceptors (Lipinski definition) is 3. The van der Waals surface area contributed by atoms with Crippen LogP contribution in [0.15, 0.2) is 36.4 Å². The van der Waals surface area contributed by atoms with Gasteiger partial charge in [-0.3, -0.25) is 9.59 Å². The number of nitrogens with one attached hydrogen (secondary N) is 2. The first kappa shape index (κ1) is 15.0. The van der Waals surface area contributed by atoms with E-state index < -0.39 is 0 Å². The lowest BCUT2D eigenvalue weighted by Gasteiger charge is -2.10. The zero-order valence-corrected chi connectivity index (χ0v) is 12.4. The first-order chi connectivity index (χ1) is 10.0. The van der Waals surface area contributed by atoms with Crippen molar-refractivity contribution in [3.05, 3.63) is 58.4 Å². The molecule has 2 rings (SSSR count). The molecule has 0 unspecified atom stereocenters. The summed E-state index contributed by atoms with van der Waals surface area (Å²) in [6.45, 7) is 1.75. The first-order valence-corrected chi connectivity index (χ1v) is 6.65. The number of pyridine rings is 1. The minimum atomic E-state index is -0.348. The van der Waals surface area contributed by atoms with E-state index in [1.165, 1.54) is 13.1 Å². The van der Waals surface area contributed by atoms with Crippen LogP contribution in [0.5, 0.6) is 0 Å². The standard InChI is InChI=1S/C15H14ClN3O2/c1-9-7-10(8-13(16)18-9)14(20)19-12-6-4-3-5-11(12)15(21)17-2/h3-8H,1-2H3,(H,17,21)(H,19,20). The maximum Gasteiger partial charge on any atom is 0.255 e. The molecule has 1 heterocycles. The number of amides is 2. The van der Waals surface area contributed by atoms with Gasteiger partial charge in [0.2, 0.25) is 0 Å². The molecule has 0 aliphatic rings. The van der Waals surface area contributed by atoms with Crippen LogP contribution in [-0.2, 0) is 0 Å². The fourth-order valence-electron chi connectivity index (χ4n) is 1.88. The molecule has 0 fully saturated rings. The molecule has 1 aromatic carbocycles. The molecule has 2 N–H and O–H groups in total. The van der Waals surface area contributed by atoms with Gasteiger partial charge in [-0.25, -0.2) is 4.98 Å². The van der Waals surface area contributed by atoms with E-state index in [4.69, 9.17) is 11.6 Å². The van der Waals surface area contributed by atoms with Crippen LogP contribution < -0.4 is 10.6 Å². The molecule has 1 aromatic heterocycles. The molecular weight excluding hydrogens is 290 g/mol. The minimum Gasteiger partial charge on any atom is -0.355 e. The van der Waals surface area contributed by atoms with Crippen LogP contribution in [-0.4, -0.2) is 23.8 Å². The summed E-state index contributed by atoms with van der Waals surface area (Å²) in [5, 5.41) is 5.49. The lowest BCUT2D eigenvalue weighted by Crippen LogP contribution is -2.21. The number of carbonyl (C=O) groups excluding carboxylic acids is 2. The number of aryl methyl sites for hydroxylation is 1. The third-order valence-corrected chi connectivity index (χ3v) is 3.02. The second-order valence-corrected chi connectivity index (χ2v) is 4.79. The molecule has 0 aliphatic carbocycles. The fourth-order valence-corrected chi connectivity index (χ4v) is 2.13. The predicted molar refractivity (Wildman–Crippen MR) is 81.8 cm³/mol. The molecule has 0 aliphatic heterocycles. The summed E-state index contributed by atoms with van der Waals surface area (Å²) in [7, 11) is 1.53. The van der Waals surface area contributed by atoms with Gasteiger partial charge in [0.25, 0.3) is 11.8 Å². The van der Waals surface area contributed by atoms with Crippen molar-refractivity contribution in [2.75, 3.05) is 12.4 Å². The Hall–Kier alpha value is -2.40. The zero-order chi connectivity index (χ0) is 15.4. The average molecular weight is 304 g/mol. The maximum absolute atomic E-state index is 12.3. The molecule has 5 nitrogen and oxygen atoms in total. The number of anilines is 1. The third-order valence-electron chi connectivity index (χ3n) is 2.83. The minimum absolute atomic E-state index is 0.250. The number of aromatic nitrogens is 1. The van der Waals surface area contributed by atoms with Crippen molar-refractivity contribution in [3.63, 3.8) is 0 Å². The Balaban J connectivity index is 2.30. The highest BCUT2D eigenvalue weighted by Crippen LogP contribution is 2.17. The molecule has 108 valence electrons. The van der Waals surface area contributed by atoms with Crippen molar-refractivity contribution in [3.8, 4) is 0 Å². The molecule has 2 aromatic rings. The van der Waals surface area contributed by atoms with Gasteiger partial charge in [0.1, 0.15) is 5.15 Å². The summed E-state index contributed by atoms with van der Waals surface area (Å²) < 4.78 is 0. The summed E-state index contributed by atoms with van der Waals surface area (Å²) in [6.07, 6.45) is 0. The Labute approximate surface area is 127 Å². The van der Waals surface area contributed by atoms with Gasteiger partial charge in [0.05, 0.1) is 11.3 Å². The normalized spacial score (nSPS) is 10.0. The highest BCUT2D eigenvalue weighted by Gasteiger charge is 2.13. The second kappa shape index (κ2) is 6.37. The average Bonchev–Trinajstić information content (AvgIpc) is 2.46. The van der Waals surface area contributed by atoms with Crippen LogP contribution >= 0.6 is 11.6 Å². The summed E-state index contributed by atoms with van der Waals surface area (Å²) in [4.78, 5) is 28.0. The molecule has 0 atom stereocenters. The van der Waals surface area contributed by atoms with Gasteiger partial charge in [-0.2, -0.15) is 0 Å². The Morgan fingerprint density at radius 3 is 2.52 bits per heavy atom. The van der Waals surface area contributed by atoms with Crippen molar-refractivity contribution in [2.45, 2.75) is 6.92 Å². The van der Waals surface area contributed by atoms with Crippen LogP contribution in [0.25, 0.3) is 0 Å². The van der Waals surface area contributed by atoms with Gasteiger partial charge in [0.15, 0.2) is 0 Å².